The summed E-state index contributed by atoms with van der Waals surface area (Å²) in [5.41, 5.74) is 2.50. The van der Waals surface area contributed by atoms with E-state index in [4.69, 9.17) is 0 Å². The molecule has 9 nitrogen and oxygen atoms in total. The van der Waals surface area contributed by atoms with Crippen LogP contribution in [0.2, 0.25) is 0 Å². The molecule has 0 aliphatic heterocycles. The van der Waals surface area contributed by atoms with Crippen LogP contribution in [-0.2, 0) is 11.3 Å². The van der Waals surface area contributed by atoms with Crippen LogP contribution < -0.4 is 5.32 Å². The molecular weight excluding hydrogens is 464 g/mol. The number of nitro groups is 1. The lowest BCUT2D eigenvalue weighted by molar-refractivity contribution is -0.384. The van der Waals surface area contributed by atoms with Crippen LogP contribution >= 0.6 is 11.8 Å². The Bertz CT molecular complexity index is 1260. The summed E-state index contributed by atoms with van der Waals surface area (Å²) in [6, 6.07) is 21.6. The molecule has 35 heavy (non-hydrogen) atoms. The van der Waals surface area contributed by atoms with Gasteiger partial charge in [-0.2, -0.15) is 0 Å². The van der Waals surface area contributed by atoms with Gasteiger partial charge in [-0.25, -0.2) is 0 Å². The average molecular weight is 489 g/mol. The number of nitro benzene ring substituents is 1. The van der Waals surface area contributed by atoms with Crippen molar-refractivity contribution in [3.05, 3.63) is 94.8 Å². The van der Waals surface area contributed by atoms with Crippen molar-refractivity contribution in [2.75, 3.05) is 5.75 Å². The Labute approximate surface area is 206 Å². The highest BCUT2D eigenvalue weighted by Crippen LogP contribution is 2.29. The van der Waals surface area contributed by atoms with Crippen molar-refractivity contribution in [1.29, 1.82) is 0 Å². The van der Waals surface area contributed by atoms with Crippen molar-refractivity contribution in [1.82, 2.24) is 25.1 Å². The summed E-state index contributed by atoms with van der Waals surface area (Å²) >= 11 is 1.57. The zero-order chi connectivity index (χ0) is 24.5. The number of hydrogen-bond donors (Lipinski definition) is 1. The van der Waals surface area contributed by atoms with Crippen LogP contribution in [0.5, 0.6) is 0 Å². The lowest BCUT2D eigenvalue weighted by atomic mass is 10.2. The predicted molar refractivity (Wildman–Crippen MR) is 134 cm³/mol. The molecule has 0 aliphatic rings. The van der Waals surface area contributed by atoms with Gasteiger partial charge in [-0.3, -0.25) is 24.5 Å². The molecule has 2 aromatic carbocycles. The van der Waals surface area contributed by atoms with E-state index in [-0.39, 0.29) is 11.6 Å². The van der Waals surface area contributed by atoms with E-state index in [0.717, 1.165) is 40.7 Å². The lowest BCUT2D eigenvalue weighted by Gasteiger charge is -2.10. The van der Waals surface area contributed by atoms with Gasteiger partial charge in [0.2, 0.25) is 5.91 Å². The maximum Gasteiger partial charge on any atom is 0.269 e. The maximum absolute atomic E-state index is 12.1. The third-order valence-corrected chi connectivity index (χ3v) is 6.22. The Hall–Kier alpha value is -4.05. The zero-order valence-corrected chi connectivity index (χ0v) is 19.7. The number of unbranched alkanes of at least 4 members (excludes halogenated alkanes) is 1. The molecule has 0 saturated heterocycles. The van der Waals surface area contributed by atoms with E-state index >= 15 is 0 Å². The molecule has 0 fully saturated rings. The van der Waals surface area contributed by atoms with Crippen LogP contribution in [0, 0.1) is 10.1 Å². The molecule has 0 bridgehead atoms. The van der Waals surface area contributed by atoms with E-state index in [2.05, 4.69) is 20.5 Å². The number of non-ortho nitro benzene ring substituents is 1. The summed E-state index contributed by atoms with van der Waals surface area (Å²) in [7, 11) is 0. The SMILES string of the molecule is O=C(CCCCSc1nnc(-c2ccc([N+](=O)[O-])cc2)n1-c1ccccc1)NCc1ccccn1. The maximum atomic E-state index is 12.1. The zero-order valence-electron chi connectivity index (χ0n) is 18.9. The van der Waals surface area contributed by atoms with E-state index < -0.39 is 4.92 Å². The van der Waals surface area contributed by atoms with Gasteiger partial charge in [0.1, 0.15) is 0 Å². The van der Waals surface area contributed by atoms with Crippen molar-refractivity contribution >= 4 is 23.4 Å². The van der Waals surface area contributed by atoms with Crippen molar-refractivity contribution in [3.8, 4) is 17.1 Å². The van der Waals surface area contributed by atoms with Gasteiger partial charge in [0.05, 0.1) is 17.2 Å². The molecule has 0 saturated carbocycles. The first-order valence-corrected chi connectivity index (χ1v) is 12.2. The van der Waals surface area contributed by atoms with E-state index in [1.165, 1.54) is 12.1 Å². The van der Waals surface area contributed by atoms with Gasteiger partial charge in [0.25, 0.3) is 5.69 Å². The van der Waals surface area contributed by atoms with Crippen molar-refractivity contribution in [2.45, 2.75) is 31.0 Å². The third-order valence-electron chi connectivity index (χ3n) is 5.21. The number of nitrogens with zero attached hydrogens (tertiary/aromatic N) is 5. The monoisotopic (exact) mass is 488 g/mol. The molecule has 178 valence electrons. The van der Waals surface area contributed by atoms with Crippen molar-refractivity contribution in [2.24, 2.45) is 0 Å². The average Bonchev–Trinajstić information content (AvgIpc) is 3.32. The second kappa shape index (κ2) is 11.9. The number of rotatable bonds is 11. The second-order valence-electron chi connectivity index (χ2n) is 7.68. The number of amides is 1. The first-order valence-electron chi connectivity index (χ1n) is 11.2. The Morgan fingerprint density at radius 2 is 1.74 bits per heavy atom. The van der Waals surface area contributed by atoms with Crippen LogP contribution in [0.25, 0.3) is 17.1 Å². The molecule has 1 N–H and O–H groups in total. The molecule has 2 heterocycles. The van der Waals surface area contributed by atoms with Crippen molar-refractivity contribution in [3.63, 3.8) is 0 Å². The number of para-hydroxylation sites is 1. The minimum absolute atomic E-state index is 0.00793. The molecule has 0 atom stereocenters. The summed E-state index contributed by atoms with van der Waals surface area (Å²) < 4.78 is 1.95. The number of carbonyl (C=O) groups excluding carboxylic acids is 1. The van der Waals surface area contributed by atoms with Crippen LogP contribution in [0.1, 0.15) is 25.0 Å². The minimum Gasteiger partial charge on any atom is -0.350 e. The number of nitrogens with one attached hydrogen (secondary N) is 1. The molecule has 0 unspecified atom stereocenters. The van der Waals surface area contributed by atoms with Gasteiger partial charge >= 0.3 is 0 Å². The number of aromatic nitrogens is 4. The summed E-state index contributed by atoms with van der Waals surface area (Å²) in [5.74, 6) is 1.40. The summed E-state index contributed by atoms with van der Waals surface area (Å²) in [5, 5.41) is 23.4. The molecule has 4 rings (SSSR count). The molecule has 10 heteroatoms. The molecule has 4 aromatic rings. The first kappa shape index (κ1) is 24.1. The Kier molecular flexibility index (Phi) is 8.18. The standard InChI is InChI=1S/C25H24N6O3S/c32-23(27-18-20-8-4-6-16-26-20)11-5-7-17-35-25-29-28-24(30(25)21-9-2-1-3-10-21)19-12-14-22(15-13-19)31(33)34/h1-4,6,8-10,12-16H,5,7,11,17-18H2,(H,27,32). The van der Waals surface area contributed by atoms with Gasteiger partial charge in [0, 0.05) is 41.8 Å². The van der Waals surface area contributed by atoms with E-state index in [1.54, 1.807) is 30.1 Å². The van der Waals surface area contributed by atoms with E-state index in [9.17, 15) is 14.9 Å². The number of pyridine rings is 1. The first-order chi connectivity index (χ1) is 17.1. The minimum atomic E-state index is -0.425. The predicted octanol–water partition coefficient (Wildman–Crippen LogP) is 4.82. The number of carbonyl (C=O) groups is 1. The normalized spacial score (nSPS) is 10.7. The summed E-state index contributed by atoms with van der Waals surface area (Å²) in [6.07, 6.45) is 3.76. The fraction of sp³-hybridized carbons (Fsp3) is 0.200. The van der Waals surface area contributed by atoms with Gasteiger partial charge in [-0.1, -0.05) is 36.0 Å². The van der Waals surface area contributed by atoms with E-state index in [0.29, 0.717) is 18.8 Å². The van der Waals surface area contributed by atoms with Crippen LogP contribution in [-0.4, -0.2) is 36.3 Å². The Balaban J connectivity index is 1.36. The number of benzene rings is 2. The smallest absolute Gasteiger partial charge is 0.269 e. The van der Waals surface area contributed by atoms with Crippen molar-refractivity contribution < 1.29 is 9.72 Å². The van der Waals surface area contributed by atoms with Gasteiger partial charge < -0.3 is 5.32 Å². The van der Waals surface area contributed by atoms with Crippen LogP contribution in [0.15, 0.2) is 84.1 Å². The number of thioether (sulfide) groups is 1. The van der Waals surface area contributed by atoms with Crippen LogP contribution in [0.4, 0.5) is 5.69 Å². The Morgan fingerprint density at radius 1 is 0.971 bits per heavy atom. The van der Waals surface area contributed by atoms with Gasteiger partial charge in [0.15, 0.2) is 11.0 Å². The molecule has 0 spiro atoms. The lowest BCUT2D eigenvalue weighted by Crippen LogP contribution is -2.22. The quantitative estimate of drug-likeness (QED) is 0.139. The van der Waals surface area contributed by atoms with Gasteiger partial charge in [-0.15, -0.1) is 10.2 Å². The number of hydrogen-bond acceptors (Lipinski definition) is 7. The summed E-state index contributed by atoms with van der Waals surface area (Å²) in [6.45, 7) is 0.431. The topological polar surface area (TPSA) is 116 Å². The van der Waals surface area contributed by atoms with Gasteiger partial charge in [-0.05, 0) is 49.2 Å². The molecule has 0 radical (unpaired) electrons. The highest BCUT2D eigenvalue weighted by atomic mass is 32.2. The third kappa shape index (κ3) is 6.51. The highest BCUT2D eigenvalue weighted by Gasteiger charge is 2.17. The fourth-order valence-electron chi connectivity index (χ4n) is 3.42. The highest BCUT2D eigenvalue weighted by molar-refractivity contribution is 7.99. The fourth-order valence-corrected chi connectivity index (χ4v) is 4.37. The molecule has 0 aliphatic carbocycles. The van der Waals surface area contributed by atoms with Crippen LogP contribution in [0.3, 0.4) is 0 Å². The second-order valence-corrected chi connectivity index (χ2v) is 8.75. The van der Waals surface area contributed by atoms with E-state index in [1.807, 2.05) is 53.1 Å². The molecular formula is C25H24N6O3S. The summed E-state index contributed by atoms with van der Waals surface area (Å²) in [4.78, 5) is 26.9. The molecule has 2 aromatic heterocycles. The molecule has 1 amide bonds. The largest absolute Gasteiger partial charge is 0.350 e. The Morgan fingerprint density at radius 3 is 2.46 bits per heavy atom.